The predicted molar refractivity (Wildman–Crippen MR) is 60.3 cm³/mol. The van der Waals surface area contributed by atoms with Crippen LogP contribution in [0.5, 0.6) is 0 Å². The molecule has 0 unspecified atom stereocenters. The van der Waals surface area contributed by atoms with E-state index in [-0.39, 0.29) is 0 Å². The molecule has 1 N–H and O–H groups in total. The number of hydrogen-bond acceptors (Lipinski definition) is 3. The molecule has 0 aliphatic rings. The molecule has 0 saturated carbocycles. The van der Waals surface area contributed by atoms with Gasteiger partial charge in [0.15, 0.2) is 0 Å². The van der Waals surface area contributed by atoms with Crippen LogP contribution in [0, 0.1) is 11.8 Å². The van der Waals surface area contributed by atoms with Crippen LogP contribution in [0.1, 0.15) is 5.69 Å². The fourth-order valence-corrected chi connectivity index (χ4v) is 1.24. The molecule has 0 radical (unpaired) electrons. The molecule has 0 aliphatic carbocycles. The molecule has 0 spiro atoms. The zero-order valence-corrected chi connectivity index (χ0v) is 8.49. The molecule has 0 saturated heterocycles. The maximum Gasteiger partial charge on any atom is 0.132 e. The van der Waals surface area contributed by atoms with Crippen LogP contribution >= 0.6 is 0 Å². The fourth-order valence-electron chi connectivity index (χ4n) is 1.24. The van der Waals surface area contributed by atoms with Gasteiger partial charge in [0, 0.05) is 0 Å². The van der Waals surface area contributed by atoms with Gasteiger partial charge in [0.05, 0.1) is 23.8 Å². The summed E-state index contributed by atoms with van der Waals surface area (Å²) in [5, 5.41) is 2.95. The van der Waals surface area contributed by atoms with E-state index in [2.05, 4.69) is 27.1 Å². The van der Waals surface area contributed by atoms with Gasteiger partial charge >= 0.3 is 0 Å². The van der Waals surface area contributed by atoms with Gasteiger partial charge in [-0.1, -0.05) is 18.1 Å². The quantitative estimate of drug-likeness (QED) is 0.698. The highest BCUT2D eigenvalue weighted by molar-refractivity contribution is 5.74. The monoisotopic (exact) mass is 197 g/mol. The summed E-state index contributed by atoms with van der Waals surface area (Å²) >= 11 is 0. The summed E-state index contributed by atoms with van der Waals surface area (Å²) in [6.45, 7) is 0.661. The summed E-state index contributed by atoms with van der Waals surface area (Å²) in [6.07, 6.45) is 1.70. The topological polar surface area (TPSA) is 37.8 Å². The van der Waals surface area contributed by atoms with Crippen molar-refractivity contribution in [3.63, 3.8) is 0 Å². The van der Waals surface area contributed by atoms with Crippen LogP contribution in [-0.4, -0.2) is 23.6 Å². The molecule has 0 amide bonds. The van der Waals surface area contributed by atoms with E-state index in [9.17, 15) is 0 Å². The van der Waals surface area contributed by atoms with Crippen molar-refractivity contribution >= 4 is 11.0 Å². The third-order valence-corrected chi connectivity index (χ3v) is 1.93. The molecule has 0 fully saturated rings. The van der Waals surface area contributed by atoms with Crippen LogP contribution in [0.4, 0.5) is 0 Å². The van der Waals surface area contributed by atoms with Gasteiger partial charge in [-0.05, 0) is 25.1 Å². The molecule has 15 heavy (non-hydrogen) atoms. The van der Waals surface area contributed by atoms with Gasteiger partial charge in [-0.2, -0.15) is 0 Å². The lowest BCUT2D eigenvalue weighted by Gasteiger charge is -1.95. The minimum Gasteiger partial charge on any atom is -0.309 e. The Morgan fingerprint density at radius 1 is 1.27 bits per heavy atom. The average Bonchev–Trinajstić information content (AvgIpc) is 2.29. The second kappa shape index (κ2) is 4.54. The Hall–Kier alpha value is -1.92. The molecule has 3 heteroatoms. The lowest BCUT2D eigenvalue weighted by atomic mass is 10.3. The van der Waals surface area contributed by atoms with Gasteiger partial charge in [-0.3, -0.25) is 4.98 Å². The Kier molecular flexibility index (Phi) is 2.91. The molecule has 1 heterocycles. The summed E-state index contributed by atoms with van der Waals surface area (Å²) in [4.78, 5) is 8.66. The summed E-state index contributed by atoms with van der Waals surface area (Å²) in [7, 11) is 1.86. The number of para-hydroxylation sites is 2. The third kappa shape index (κ3) is 2.30. The van der Waals surface area contributed by atoms with Crippen molar-refractivity contribution < 1.29 is 0 Å². The smallest absolute Gasteiger partial charge is 0.132 e. The largest absolute Gasteiger partial charge is 0.309 e. The molecule has 2 aromatic rings. The van der Waals surface area contributed by atoms with Crippen LogP contribution in [0.15, 0.2) is 30.5 Å². The Bertz CT molecular complexity index is 523. The van der Waals surface area contributed by atoms with E-state index < -0.39 is 0 Å². The minimum atomic E-state index is 0.661. The van der Waals surface area contributed by atoms with Gasteiger partial charge in [-0.15, -0.1) is 0 Å². The maximum atomic E-state index is 4.38. The zero-order chi connectivity index (χ0) is 10.5. The highest BCUT2D eigenvalue weighted by atomic mass is 14.8. The first-order valence-electron chi connectivity index (χ1n) is 4.75. The van der Waals surface area contributed by atoms with Gasteiger partial charge < -0.3 is 5.32 Å². The highest BCUT2D eigenvalue weighted by Gasteiger charge is 1.95. The van der Waals surface area contributed by atoms with Gasteiger partial charge in [0.25, 0.3) is 0 Å². The van der Waals surface area contributed by atoms with Crippen molar-refractivity contribution in [2.75, 3.05) is 13.6 Å². The molecule has 1 aromatic carbocycles. The van der Waals surface area contributed by atoms with Crippen LogP contribution in [-0.2, 0) is 0 Å². The number of hydrogen-bond donors (Lipinski definition) is 1. The molecular weight excluding hydrogens is 186 g/mol. The van der Waals surface area contributed by atoms with E-state index in [1.54, 1.807) is 6.20 Å². The Labute approximate surface area is 88.6 Å². The first-order valence-corrected chi connectivity index (χ1v) is 4.75. The minimum absolute atomic E-state index is 0.661. The average molecular weight is 197 g/mol. The zero-order valence-electron chi connectivity index (χ0n) is 8.49. The SMILES string of the molecule is CNCC#Cc1cnc2ccccc2n1. The highest BCUT2D eigenvalue weighted by Crippen LogP contribution is 2.07. The van der Waals surface area contributed by atoms with Crippen LogP contribution in [0.25, 0.3) is 11.0 Å². The van der Waals surface area contributed by atoms with E-state index in [0.717, 1.165) is 11.0 Å². The van der Waals surface area contributed by atoms with Crippen molar-refractivity contribution in [2.45, 2.75) is 0 Å². The van der Waals surface area contributed by atoms with E-state index in [4.69, 9.17) is 0 Å². The van der Waals surface area contributed by atoms with E-state index in [1.165, 1.54) is 0 Å². The van der Waals surface area contributed by atoms with Crippen molar-refractivity contribution in [2.24, 2.45) is 0 Å². The summed E-state index contributed by atoms with van der Waals surface area (Å²) in [6, 6.07) is 7.77. The molecule has 1 aromatic heterocycles. The second-order valence-electron chi connectivity index (χ2n) is 3.08. The number of aromatic nitrogens is 2. The standard InChI is InChI=1S/C12H11N3/c1-13-8-4-5-10-9-14-11-6-2-3-7-12(11)15-10/h2-3,6-7,9,13H,8H2,1H3. The van der Waals surface area contributed by atoms with E-state index >= 15 is 0 Å². The first-order chi connectivity index (χ1) is 7.40. The van der Waals surface area contributed by atoms with E-state index in [1.807, 2.05) is 31.3 Å². The van der Waals surface area contributed by atoms with Gasteiger partial charge in [0.2, 0.25) is 0 Å². The molecular formula is C12H11N3. The van der Waals surface area contributed by atoms with Crippen LogP contribution in [0.3, 0.4) is 0 Å². The summed E-state index contributed by atoms with van der Waals surface area (Å²) in [5.41, 5.74) is 2.49. The van der Waals surface area contributed by atoms with Crippen LogP contribution < -0.4 is 5.32 Å². The Morgan fingerprint density at radius 2 is 2.07 bits per heavy atom. The molecule has 3 nitrogen and oxygen atoms in total. The van der Waals surface area contributed by atoms with Crippen molar-refractivity contribution in [3.05, 3.63) is 36.2 Å². The summed E-state index contributed by atoms with van der Waals surface area (Å²) < 4.78 is 0. The van der Waals surface area contributed by atoms with Gasteiger partial charge in [0.1, 0.15) is 5.69 Å². The number of nitrogens with one attached hydrogen (secondary N) is 1. The number of rotatable bonds is 1. The molecule has 0 aliphatic heterocycles. The molecule has 0 atom stereocenters. The number of nitrogens with zero attached hydrogens (tertiary/aromatic N) is 2. The Morgan fingerprint density at radius 3 is 2.87 bits per heavy atom. The lowest BCUT2D eigenvalue weighted by molar-refractivity contribution is 0.938. The fraction of sp³-hybridized carbons (Fsp3) is 0.167. The van der Waals surface area contributed by atoms with Crippen molar-refractivity contribution in [1.82, 2.24) is 15.3 Å². The van der Waals surface area contributed by atoms with Crippen molar-refractivity contribution in [3.8, 4) is 11.8 Å². The molecule has 0 bridgehead atoms. The number of fused-ring (bicyclic) bond motifs is 1. The third-order valence-electron chi connectivity index (χ3n) is 1.93. The summed E-state index contributed by atoms with van der Waals surface area (Å²) in [5.74, 6) is 5.90. The first kappa shape index (κ1) is 9.63. The Balaban J connectivity index is 2.36. The normalized spacial score (nSPS) is 9.67. The van der Waals surface area contributed by atoms with E-state index in [0.29, 0.717) is 12.2 Å². The maximum absolute atomic E-state index is 4.38. The molecule has 2 rings (SSSR count). The predicted octanol–water partition coefficient (Wildman–Crippen LogP) is 1.20. The van der Waals surface area contributed by atoms with Crippen molar-refractivity contribution in [1.29, 1.82) is 0 Å². The second-order valence-corrected chi connectivity index (χ2v) is 3.08. The lowest BCUT2D eigenvalue weighted by Crippen LogP contribution is -2.04. The molecule has 74 valence electrons. The van der Waals surface area contributed by atoms with Gasteiger partial charge in [-0.25, -0.2) is 4.98 Å². The number of benzene rings is 1. The van der Waals surface area contributed by atoms with Crippen LogP contribution in [0.2, 0.25) is 0 Å².